The molecule has 13 heavy (non-hydrogen) atoms. The van der Waals surface area contributed by atoms with E-state index >= 15 is 0 Å². The highest BCUT2D eigenvalue weighted by molar-refractivity contribution is 9.15. The summed E-state index contributed by atoms with van der Waals surface area (Å²) in [5.41, 5.74) is 0. The van der Waals surface area contributed by atoms with E-state index in [-0.39, 0.29) is 6.10 Å². The Kier molecular flexibility index (Phi) is 2.45. The van der Waals surface area contributed by atoms with Crippen molar-refractivity contribution in [1.29, 1.82) is 0 Å². The Bertz CT molecular complexity index is 452. The Balaban J connectivity index is 2.72. The molecule has 0 radical (unpaired) electrons. The van der Waals surface area contributed by atoms with Crippen LogP contribution in [-0.4, -0.2) is 13.2 Å². The van der Waals surface area contributed by atoms with E-state index in [9.17, 15) is 0 Å². The molecule has 0 aliphatic heterocycles. The lowest BCUT2D eigenvalue weighted by molar-refractivity contribution is 0.199. The molecular formula is C10H8BrClO. The lowest BCUT2D eigenvalue weighted by Crippen LogP contribution is -2.21. The second kappa shape index (κ2) is 3.45. The normalized spacial score (nSPS) is 19.9. The highest BCUT2D eigenvalue weighted by Gasteiger charge is 2.14. The molecule has 68 valence electrons. The third kappa shape index (κ3) is 1.54. The number of benzene rings is 1. The maximum absolute atomic E-state index is 5.89. The summed E-state index contributed by atoms with van der Waals surface area (Å²) in [4.78, 5) is 0. The van der Waals surface area contributed by atoms with Gasteiger partial charge >= 0.3 is 0 Å². The predicted molar refractivity (Wildman–Crippen MR) is 58.3 cm³/mol. The summed E-state index contributed by atoms with van der Waals surface area (Å²) in [6.07, 6.45) is 2.10. The topological polar surface area (TPSA) is 9.23 Å². The number of rotatable bonds is 1. The van der Waals surface area contributed by atoms with Gasteiger partial charge in [-0.05, 0) is 28.6 Å². The van der Waals surface area contributed by atoms with E-state index in [0.717, 1.165) is 14.7 Å². The number of methoxy groups -OCH3 is 1. The third-order valence-corrected chi connectivity index (χ3v) is 3.22. The lowest BCUT2D eigenvalue weighted by atomic mass is 10.3. The molecule has 1 aromatic rings. The quantitative estimate of drug-likeness (QED) is 0.745. The molecule has 0 spiro atoms. The molecule has 3 heteroatoms. The highest BCUT2D eigenvalue weighted by atomic mass is 79.9. The molecule has 0 heterocycles. The van der Waals surface area contributed by atoms with Gasteiger partial charge in [0.25, 0.3) is 0 Å². The molecule has 0 fully saturated rings. The second-order valence-electron chi connectivity index (χ2n) is 2.90. The molecule has 0 saturated heterocycles. The van der Waals surface area contributed by atoms with E-state index in [1.54, 1.807) is 7.11 Å². The molecule has 0 saturated carbocycles. The molecule has 1 atom stereocenters. The van der Waals surface area contributed by atoms with Crippen molar-refractivity contribution in [1.82, 2.24) is 0 Å². The minimum atomic E-state index is 0.0356. The van der Waals surface area contributed by atoms with Crippen molar-refractivity contribution in [3.8, 4) is 0 Å². The Labute approximate surface area is 89.8 Å². The number of fused-ring (bicyclic) bond motifs is 1. The average Bonchev–Trinajstić information content (AvgIpc) is 2.44. The first-order chi connectivity index (χ1) is 6.22. The lowest BCUT2D eigenvalue weighted by Gasteiger charge is -2.04. The van der Waals surface area contributed by atoms with Gasteiger partial charge in [0.15, 0.2) is 0 Å². The van der Waals surface area contributed by atoms with Gasteiger partial charge in [0, 0.05) is 16.6 Å². The van der Waals surface area contributed by atoms with Gasteiger partial charge in [-0.15, -0.1) is 0 Å². The van der Waals surface area contributed by atoms with Crippen LogP contribution in [0.4, 0.5) is 0 Å². The molecule has 0 N–H and O–H groups in total. The molecule has 2 rings (SSSR count). The summed E-state index contributed by atoms with van der Waals surface area (Å²) in [6, 6.07) is 5.82. The van der Waals surface area contributed by atoms with Crippen molar-refractivity contribution in [2.75, 3.05) is 7.11 Å². The summed E-state index contributed by atoms with van der Waals surface area (Å²) >= 11 is 9.39. The number of halogens is 2. The van der Waals surface area contributed by atoms with Gasteiger partial charge in [-0.3, -0.25) is 0 Å². The molecule has 0 aromatic heterocycles. The molecule has 1 aromatic carbocycles. The minimum Gasteiger partial charge on any atom is -0.372 e. The van der Waals surface area contributed by atoms with Crippen molar-refractivity contribution >= 4 is 38.1 Å². The fourth-order valence-electron chi connectivity index (χ4n) is 1.44. The first-order valence-electron chi connectivity index (χ1n) is 3.92. The highest BCUT2D eigenvalue weighted by Crippen LogP contribution is 2.17. The summed E-state index contributed by atoms with van der Waals surface area (Å²) in [7, 11) is 1.69. The summed E-state index contributed by atoms with van der Waals surface area (Å²) < 4.78 is 6.31. The van der Waals surface area contributed by atoms with Gasteiger partial charge in [-0.1, -0.05) is 33.6 Å². The van der Waals surface area contributed by atoms with Gasteiger partial charge in [0.2, 0.25) is 0 Å². The average molecular weight is 260 g/mol. The van der Waals surface area contributed by atoms with Crippen LogP contribution in [0, 0.1) is 0 Å². The number of ether oxygens (including phenoxy) is 1. The Hall–Kier alpha value is -0.310. The zero-order valence-corrected chi connectivity index (χ0v) is 9.39. The van der Waals surface area contributed by atoms with Crippen LogP contribution in [0.2, 0.25) is 5.02 Å². The zero-order chi connectivity index (χ0) is 9.42. The van der Waals surface area contributed by atoms with E-state index in [1.807, 2.05) is 18.2 Å². The molecule has 0 unspecified atom stereocenters. The van der Waals surface area contributed by atoms with Gasteiger partial charge in [0.1, 0.15) is 6.10 Å². The summed E-state index contributed by atoms with van der Waals surface area (Å²) in [5, 5.41) is 3.04. The van der Waals surface area contributed by atoms with Gasteiger partial charge in [-0.25, -0.2) is 0 Å². The standard InChI is InChI=1S/C10H8BrClO/c1-13-9-4-6-2-3-7(12)5-8(6)10(9)11/h2-5,9H,1H3/t9-/m0/s1. The van der Waals surface area contributed by atoms with Crippen molar-refractivity contribution in [3.05, 3.63) is 33.7 Å². The van der Waals surface area contributed by atoms with E-state index in [0.29, 0.717) is 0 Å². The Morgan fingerprint density at radius 1 is 1.46 bits per heavy atom. The summed E-state index contributed by atoms with van der Waals surface area (Å²) in [6.45, 7) is 0. The molecule has 0 amide bonds. The van der Waals surface area contributed by atoms with E-state index < -0.39 is 0 Å². The SMILES string of the molecule is CO[C@H]1C=c2ccc(Cl)cc2=C1Br. The monoisotopic (exact) mass is 258 g/mol. The predicted octanol–water partition coefficient (Wildman–Crippen LogP) is 1.65. The first-order valence-corrected chi connectivity index (χ1v) is 5.09. The fourth-order valence-corrected chi connectivity index (χ4v) is 2.28. The van der Waals surface area contributed by atoms with E-state index in [4.69, 9.17) is 16.3 Å². The van der Waals surface area contributed by atoms with Crippen LogP contribution in [0.3, 0.4) is 0 Å². The largest absolute Gasteiger partial charge is 0.372 e. The molecule has 1 nitrogen and oxygen atoms in total. The van der Waals surface area contributed by atoms with Crippen LogP contribution in [0.15, 0.2) is 18.2 Å². The Morgan fingerprint density at radius 2 is 2.23 bits per heavy atom. The first kappa shape index (κ1) is 9.25. The number of hydrogen-bond acceptors (Lipinski definition) is 1. The fraction of sp³-hybridized carbons (Fsp3) is 0.200. The zero-order valence-electron chi connectivity index (χ0n) is 7.05. The smallest absolute Gasteiger partial charge is 0.108 e. The summed E-state index contributed by atoms with van der Waals surface area (Å²) in [5.74, 6) is 0. The van der Waals surface area contributed by atoms with Crippen LogP contribution in [-0.2, 0) is 4.74 Å². The Morgan fingerprint density at radius 3 is 2.92 bits per heavy atom. The van der Waals surface area contributed by atoms with Gasteiger partial charge in [0.05, 0.1) is 0 Å². The van der Waals surface area contributed by atoms with Gasteiger partial charge < -0.3 is 4.74 Å². The number of hydrogen-bond donors (Lipinski definition) is 0. The van der Waals surface area contributed by atoms with Crippen LogP contribution in [0.5, 0.6) is 0 Å². The van der Waals surface area contributed by atoms with Crippen molar-refractivity contribution in [3.63, 3.8) is 0 Å². The molecule has 1 aliphatic carbocycles. The van der Waals surface area contributed by atoms with Crippen LogP contribution in [0.25, 0.3) is 10.6 Å². The maximum atomic E-state index is 5.89. The second-order valence-corrected chi connectivity index (χ2v) is 4.19. The molecule has 1 aliphatic rings. The van der Waals surface area contributed by atoms with Crippen molar-refractivity contribution < 1.29 is 4.74 Å². The van der Waals surface area contributed by atoms with Gasteiger partial charge in [-0.2, -0.15) is 0 Å². The van der Waals surface area contributed by atoms with Crippen molar-refractivity contribution in [2.45, 2.75) is 6.10 Å². The molecular weight excluding hydrogens is 251 g/mol. The van der Waals surface area contributed by atoms with E-state index in [1.165, 1.54) is 5.22 Å². The van der Waals surface area contributed by atoms with Crippen LogP contribution >= 0.6 is 27.5 Å². The van der Waals surface area contributed by atoms with Crippen molar-refractivity contribution in [2.24, 2.45) is 0 Å². The minimum absolute atomic E-state index is 0.0356. The maximum Gasteiger partial charge on any atom is 0.108 e. The van der Waals surface area contributed by atoms with Crippen LogP contribution < -0.4 is 10.4 Å². The third-order valence-electron chi connectivity index (χ3n) is 2.11. The molecule has 0 bridgehead atoms. The van der Waals surface area contributed by atoms with Crippen LogP contribution in [0.1, 0.15) is 0 Å². The van der Waals surface area contributed by atoms with E-state index in [2.05, 4.69) is 22.0 Å².